The molecule has 1 N–H and O–H groups in total. The number of amides is 1. The number of carbonyl (C=O) groups excluding carboxylic acids is 2. The van der Waals surface area contributed by atoms with Gasteiger partial charge in [-0.15, -0.1) is 0 Å². The van der Waals surface area contributed by atoms with E-state index in [-0.39, 0.29) is 11.3 Å². The summed E-state index contributed by atoms with van der Waals surface area (Å²) < 4.78 is 16.4. The zero-order valence-corrected chi connectivity index (χ0v) is 18.7. The molecule has 35 heavy (non-hydrogen) atoms. The third kappa shape index (κ3) is 3.83. The van der Waals surface area contributed by atoms with Crippen molar-refractivity contribution in [2.24, 2.45) is 0 Å². The Bertz CT molecular complexity index is 1390. The fourth-order valence-electron chi connectivity index (χ4n) is 4.24. The summed E-state index contributed by atoms with van der Waals surface area (Å²) in [4.78, 5) is 27.9. The molecule has 0 radical (unpaired) electrons. The quantitative estimate of drug-likeness (QED) is 0.351. The van der Waals surface area contributed by atoms with Gasteiger partial charge in [-0.25, -0.2) is 0 Å². The molecule has 2 heterocycles. The van der Waals surface area contributed by atoms with Gasteiger partial charge in [-0.05, 0) is 60.2 Å². The van der Waals surface area contributed by atoms with Gasteiger partial charge in [0, 0.05) is 11.3 Å². The number of fused-ring (bicyclic) bond motifs is 1. The van der Waals surface area contributed by atoms with Crippen molar-refractivity contribution in [3.8, 4) is 23.3 Å². The highest BCUT2D eigenvalue weighted by molar-refractivity contribution is 6.51. The van der Waals surface area contributed by atoms with Crippen LogP contribution >= 0.6 is 0 Å². The van der Waals surface area contributed by atoms with E-state index < -0.39 is 17.7 Å². The zero-order chi connectivity index (χ0) is 24.5. The molecule has 2 aliphatic rings. The van der Waals surface area contributed by atoms with Gasteiger partial charge in [0.25, 0.3) is 11.7 Å². The lowest BCUT2D eigenvalue weighted by Crippen LogP contribution is -2.29. The SMILES string of the molecule is COc1ccc(C2/C(=C(/O)c3ccc4c(c3)OCCO4)C(=O)C(=O)N2c2ccc(C#N)cc2)cc1. The van der Waals surface area contributed by atoms with Crippen LogP contribution in [0.3, 0.4) is 0 Å². The van der Waals surface area contributed by atoms with Crippen LogP contribution in [0.4, 0.5) is 5.69 Å². The highest BCUT2D eigenvalue weighted by atomic mass is 16.6. The van der Waals surface area contributed by atoms with Crippen molar-refractivity contribution < 1.29 is 28.9 Å². The lowest BCUT2D eigenvalue weighted by molar-refractivity contribution is -0.132. The molecule has 0 saturated carbocycles. The minimum atomic E-state index is -0.901. The number of anilines is 1. The van der Waals surface area contributed by atoms with Crippen molar-refractivity contribution in [2.45, 2.75) is 6.04 Å². The molecule has 5 rings (SSSR count). The maximum atomic E-state index is 13.3. The molecule has 8 nitrogen and oxygen atoms in total. The molecule has 0 spiro atoms. The zero-order valence-electron chi connectivity index (χ0n) is 18.7. The van der Waals surface area contributed by atoms with Crippen LogP contribution in [-0.4, -0.2) is 37.1 Å². The number of methoxy groups -OCH3 is 1. The Kier molecular flexibility index (Phi) is 5.59. The fraction of sp³-hybridized carbons (Fsp3) is 0.148. The number of benzene rings is 3. The van der Waals surface area contributed by atoms with Crippen LogP contribution in [0.25, 0.3) is 5.76 Å². The van der Waals surface area contributed by atoms with Gasteiger partial charge >= 0.3 is 0 Å². The van der Waals surface area contributed by atoms with E-state index in [1.54, 1.807) is 73.8 Å². The van der Waals surface area contributed by atoms with Gasteiger partial charge in [-0.2, -0.15) is 5.26 Å². The molecule has 1 atom stereocenters. The Labute approximate surface area is 201 Å². The van der Waals surface area contributed by atoms with Gasteiger partial charge in [0.15, 0.2) is 11.5 Å². The van der Waals surface area contributed by atoms with E-state index >= 15 is 0 Å². The van der Waals surface area contributed by atoms with Crippen molar-refractivity contribution in [1.29, 1.82) is 5.26 Å². The number of nitrogens with zero attached hydrogens (tertiary/aromatic N) is 2. The number of ether oxygens (including phenoxy) is 3. The first-order chi connectivity index (χ1) is 17.0. The van der Waals surface area contributed by atoms with Gasteiger partial charge in [0.1, 0.15) is 24.7 Å². The highest BCUT2D eigenvalue weighted by Gasteiger charge is 2.47. The third-order valence-electron chi connectivity index (χ3n) is 5.97. The maximum Gasteiger partial charge on any atom is 0.300 e. The monoisotopic (exact) mass is 468 g/mol. The number of hydrogen-bond donors (Lipinski definition) is 1. The van der Waals surface area contributed by atoms with Gasteiger partial charge in [-0.1, -0.05) is 12.1 Å². The normalized spacial score (nSPS) is 18.3. The Hall–Kier alpha value is -4.77. The summed E-state index contributed by atoms with van der Waals surface area (Å²) in [6.45, 7) is 0.789. The number of hydrogen-bond acceptors (Lipinski definition) is 7. The molecule has 0 aromatic heterocycles. The van der Waals surface area contributed by atoms with Crippen molar-refractivity contribution in [2.75, 3.05) is 25.2 Å². The average molecular weight is 468 g/mol. The van der Waals surface area contributed by atoms with Gasteiger partial charge in [0.05, 0.1) is 30.4 Å². The molecular weight excluding hydrogens is 448 g/mol. The van der Waals surface area contributed by atoms with Gasteiger partial charge in [-0.3, -0.25) is 14.5 Å². The molecule has 1 amide bonds. The van der Waals surface area contributed by atoms with Crippen LogP contribution in [0.5, 0.6) is 17.2 Å². The van der Waals surface area contributed by atoms with Gasteiger partial charge in [0.2, 0.25) is 0 Å². The topological polar surface area (TPSA) is 109 Å². The third-order valence-corrected chi connectivity index (χ3v) is 5.97. The summed E-state index contributed by atoms with van der Waals surface area (Å²) >= 11 is 0. The molecule has 1 saturated heterocycles. The molecule has 1 unspecified atom stereocenters. The van der Waals surface area contributed by atoms with Crippen LogP contribution in [0.2, 0.25) is 0 Å². The van der Waals surface area contributed by atoms with Crippen molar-refractivity contribution in [3.63, 3.8) is 0 Å². The number of ketones is 1. The number of aliphatic hydroxyl groups is 1. The molecular formula is C27H20N2O6. The first-order valence-electron chi connectivity index (χ1n) is 10.9. The van der Waals surface area contributed by atoms with E-state index in [1.165, 1.54) is 4.90 Å². The molecule has 1 fully saturated rings. The summed E-state index contributed by atoms with van der Waals surface area (Å²) in [7, 11) is 1.54. The van der Waals surface area contributed by atoms with E-state index in [0.29, 0.717) is 52.8 Å². The molecule has 3 aromatic rings. The molecule has 2 aliphatic heterocycles. The van der Waals surface area contributed by atoms with Gasteiger partial charge < -0.3 is 19.3 Å². The van der Waals surface area contributed by atoms with Crippen molar-refractivity contribution >= 4 is 23.1 Å². The highest BCUT2D eigenvalue weighted by Crippen LogP contribution is 2.43. The second-order valence-electron chi connectivity index (χ2n) is 7.96. The standard InChI is InChI=1S/C27H20N2O6/c1-33-20-9-4-17(5-10-20)24-23(25(30)18-6-11-21-22(14-18)35-13-12-34-21)26(31)27(32)29(24)19-7-2-16(15-28)3-8-19/h2-11,14,24,30H,12-13H2,1H3/b25-23-. The van der Waals surface area contributed by atoms with Crippen LogP contribution in [-0.2, 0) is 9.59 Å². The number of nitriles is 1. The van der Waals surface area contributed by atoms with Crippen LogP contribution < -0.4 is 19.1 Å². The Morgan fingerprint density at radius 2 is 1.69 bits per heavy atom. The van der Waals surface area contributed by atoms with Crippen LogP contribution in [0.1, 0.15) is 22.7 Å². The number of carbonyl (C=O) groups is 2. The lowest BCUT2D eigenvalue weighted by atomic mass is 9.95. The van der Waals surface area contributed by atoms with Crippen LogP contribution in [0, 0.1) is 11.3 Å². The molecule has 174 valence electrons. The lowest BCUT2D eigenvalue weighted by Gasteiger charge is -2.25. The van der Waals surface area contributed by atoms with Crippen LogP contribution in [0.15, 0.2) is 72.3 Å². The van der Waals surface area contributed by atoms with E-state index in [2.05, 4.69) is 0 Å². The molecule has 0 bridgehead atoms. The number of Topliss-reactive ketones (excluding diaryl/α,β-unsaturated/α-hetero) is 1. The fourth-order valence-corrected chi connectivity index (χ4v) is 4.24. The van der Waals surface area contributed by atoms with Crippen molar-refractivity contribution in [1.82, 2.24) is 0 Å². The number of aliphatic hydroxyl groups excluding tert-OH is 1. The second kappa shape index (κ2) is 8.88. The van der Waals surface area contributed by atoms with E-state index in [0.717, 1.165) is 0 Å². The largest absolute Gasteiger partial charge is 0.507 e. The van der Waals surface area contributed by atoms with E-state index in [9.17, 15) is 14.7 Å². The molecule has 3 aromatic carbocycles. The predicted molar refractivity (Wildman–Crippen MR) is 126 cm³/mol. The second-order valence-corrected chi connectivity index (χ2v) is 7.96. The Balaban J connectivity index is 1.67. The summed E-state index contributed by atoms with van der Waals surface area (Å²) in [5.41, 5.74) is 1.72. The van der Waals surface area contributed by atoms with E-state index in [4.69, 9.17) is 19.5 Å². The minimum absolute atomic E-state index is 0.0544. The summed E-state index contributed by atoms with van der Waals surface area (Å²) in [6, 6.07) is 19.3. The first kappa shape index (κ1) is 22.0. The van der Waals surface area contributed by atoms with E-state index in [1.807, 2.05) is 6.07 Å². The average Bonchev–Trinajstić information content (AvgIpc) is 3.18. The predicted octanol–water partition coefficient (Wildman–Crippen LogP) is 3.96. The van der Waals surface area contributed by atoms with Crippen molar-refractivity contribution in [3.05, 3.63) is 89.0 Å². The molecule has 8 heteroatoms. The Morgan fingerprint density at radius 1 is 1.00 bits per heavy atom. The summed E-state index contributed by atoms with van der Waals surface area (Å²) in [5, 5.41) is 20.4. The Morgan fingerprint density at radius 3 is 2.34 bits per heavy atom. The summed E-state index contributed by atoms with van der Waals surface area (Å²) in [5.74, 6) is -0.328. The number of rotatable bonds is 4. The smallest absolute Gasteiger partial charge is 0.300 e. The summed E-state index contributed by atoms with van der Waals surface area (Å²) in [6.07, 6.45) is 0. The maximum absolute atomic E-state index is 13.3. The minimum Gasteiger partial charge on any atom is -0.507 e. The molecule has 0 aliphatic carbocycles. The first-order valence-corrected chi connectivity index (χ1v) is 10.9.